The molecule has 1 heterocycles. The van der Waals surface area contributed by atoms with E-state index in [0.717, 1.165) is 16.1 Å². The van der Waals surface area contributed by atoms with E-state index in [-0.39, 0.29) is 18.1 Å². The van der Waals surface area contributed by atoms with Gasteiger partial charge in [0, 0.05) is 21.7 Å². The summed E-state index contributed by atoms with van der Waals surface area (Å²) in [5, 5.41) is 16.9. The summed E-state index contributed by atoms with van der Waals surface area (Å²) in [6, 6.07) is 7.32. The lowest BCUT2D eigenvalue weighted by atomic mass is 9.88. The van der Waals surface area contributed by atoms with Gasteiger partial charge in [-0.3, -0.25) is 5.41 Å². The van der Waals surface area contributed by atoms with Crippen LogP contribution in [0.2, 0.25) is 0 Å². The first-order valence-corrected chi connectivity index (χ1v) is 7.21. The molecule has 1 atom stereocenters. The zero-order chi connectivity index (χ0) is 15.9. The fourth-order valence-corrected chi connectivity index (χ4v) is 2.86. The van der Waals surface area contributed by atoms with Crippen LogP contribution in [0.1, 0.15) is 17.0 Å². The Hall–Kier alpha value is -2.28. The van der Waals surface area contributed by atoms with Crippen molar-refractivity contribution in [2.24, 2.45) is 5.73 Å². The van der Waals surface area contributed by atoms with Crippen molar-refractivity contribution < 1.29 is 19.0 Å². The molecule has 2 aromatic rings. The maximum Gasteiger partial charge on any atom is 0.279 e. The molecule has 0 spiro atoms. The summed E-state index contributed by atoms with van der Waals surface area (Å²) in [5.74, 6) is -0.730. The number of halogens is 2. The highest BCUT2D eigenvalue weighted by atomic mass is 79.9. The molecule has 2 aromatic carbocycles. The highest BCUT2D eigenvalue weighted by Gasteiger charge is 2.31. The number of hydrogen-bond donors (Lipinski definition) is 3. The molecule has 0 aromatic heterocycles. The van der Waals surface area contributed by atoms with E-state index < -0.39 is 17.8 Å². The number of hydrogen-bond acceptors (Lipinski definition) is 4. The topological polar surface area (TPSA) is 88.6 Å². The van der Waals surface area contributed by atoms with Gasteiger partial charge in [0.15, 0.2) is 11.6 Å². The highest BCUT2D eigenvalue weighted by molar-refractivity contribution is 9.10. The molecule has 1 aliphatic rings. The van der Waals surface area contributed by atoms with Crippen LogP contribution in [0.15, 0.2) is 34.8 Å². The third-order valence-corrected chi connectivity index (χ3v) is 3.89. The average Bonchev–Trinajstić information content (AvgIpc) is 2.44. The van der Waals surface area contributed by atoms with Gasteiger partial charge in [0.2, 0.25) is 0 Å². The average molecular weight is 367 g/mol. The van der Waals surface area contributed by atoms with Crippen molar-refractivity contribution in [3.8, 4) is 17.2 Å². The standard InChI is InChI=1S/C15H12BrFN2O3/c16-7-1-2-13-9(3-7)11(6-21-15(18)19)10-4-8(20)5-12(17)14(10)22-13/h1-5,11,20H,6H2,(H3,18,19). The molecule has 1 aliphatic heterocycles. The van der Waals surface area contributed by atoms with Gasteiger partial charge in [-0.05, 0) is 24.3 Å². The largest absolute Gasteiger partial charge is 0.508 e. The summed E-state index contributed by atoms with van der Waals surface area (Å²) in [6.07, 6.45) is 0. The Bertz CT molecular complexity index is 767. The van der Waals surface area contributed by atoms with Crippen LogP contribution >= 0.6 is 15.9 Å². The zero-order valence-corrected chi connectivity index (χ0v) is 12.9. The Kier molecular flexibility index (Phi) is 3.66. The molecule has 0 bridgehead atoms. The quantitative estimate of drug-likeness (QED) is 0.561. The maximum absolute atomic E-state index is 14.1. The van der Waals surface area contributed by atoms with E-state index in [4.69, 9.17) is 20.6 Å². The summed E-state index contributed by atoms with van der Waals surface area (Å²) in [6.45, 7) is 0.0397. The molecule has 0 amide bonds. The lowest BCUT2D eigenvalue weighted by Crippen LogP contribution is -2.22. The van der Waals surface area contributed by atoms with Gasteiger partial charge in [-0.2, -0.15) is 0 Å². The number of phenolic OH excluding ortho intramolecular Hbond substituents is 1. The minimum Gasteiger partial charge on any atom is -0.508 e. The summed E-state index contributed by atoms with van der Waals surface area (Å²) in [5.41, 5.74) is 6.44. The van der Waals surface area contributed by atoms with E-state index in [0.29, 0.717) is 11.3 Å². The van der Waals surface area contributed by atoms with Crippen LogP contribution in [0.3, 0.4) is 0 Å². The highest BCUT2D eigenvalue weighted by Crippen LogP contribution is 2.47. The molecule has 7 heteroatoms. The predicted molar refractivity (Wildman–Crippen MR) is 82.0 cm³/mol. The van der Waals surface area contributed by atoms with Crippen molar-refractivity contribution >= 4 is 22.0 Å². The van der Waals surface area contributed by atoms with E-state index in [1.165, 1.54) is 6.07 Å². The summed E-state index contributed by atoms with van der Waals surface area (Å²) < 4.78 is 25.6. The maximum atomic E-state index is 14.1. The number of amidine groups is 1. The van der Waals surface area contributed by atoms with Gasteiger partial charge in [0.25, 0.3) is 6.02 Å². The van der Waals surface area contributed by atoms with Gasteiger partial charge < -0.3 is 20.3 Å². The van der Waals surface area contributed by atoms with Crippen LogP contribution in [-0.2, 0) is 4.74 Å². The first-order valence-electron chi connectivity index (χ1n) is 6.42. The molecule has 4 N–H and O–H groups in total. The van der Waals surface area contributed by atoms with Crippen LogP contribution in [0.4, 0.5) is 4.39 Å². The summed E-state index contributed by atoms with van der Waals surface area (Å²) in [7, 11) is 0. The van der Waals surface area contributed by atoms with Crippen molar-refractivity contribution in [3.05, 3.63) is 51.7 Å². The van der Waals surface area contributed by atoms with E-state index >= 15 is 0 Å². The zero-order valence-electron chi connectivity index (χ0n) is 11.3. The van der Waals surface area contributed by atoms with Crippen LogP contribution in [0, 0.1) is 11.2 Å². The van der Waals surface area contributed by atoms with Crippen LogP contribution in [0.5, 0.6) is 17.2 Å². The van der Waals surface area contributed by atoms with E-state index in [1.807, 2.05) is 6.07 Å². The minimum absolute atomic E-state index is 0.0397. The third kappa shape index (κ3) is 2.59. The minimum atomic E-state index is -0.656. The smallest absolute Gasteiger partial charge is 0.279 e. The van der Waals surface area contributed by atoms with Gasteiger partial charge >= 0.3 is 0 Å². The third-order valence-electron chi connectivity index (χ3n) is 3.40. The molecule has 0 saturated carbocycles. The fourth-order valence-electron chi connectivity index (χ4n) is 2.48. The number of ether oxygens (including phenoxy) is 2. The van der Waals surface area contributed by atoms with E-state index in [9.17, 15) is 9.50 Å². The number of benzene rings is 2. The fraction of sp³-hybridized carbons (Fsp3) is 0.133. The lowest BCUT2D eigenvalue weighted by Gasteiger charge is -2.28. The lowest BCUT2D eigenvalue weighted by molar-refractivity contribution is 0.272. The molecule has 5 nitrogen and oxygen atoms in total. The van der Waals surface area contributed by atoms with Crippen LogP contribution in [-0.4, -0.2) is 17.7 Å². The molecule has 0 radical (unpaired) electrons. The Morgan fingerprint density at radius 2 is 2.14 bits per heavy atom. The van der Waals surface area contributed by atoms with Gasteiger partial charge in [0.05, 0.1) is 5.92 Å². The van der Waals surface area contributed by atoms with E-state index in [2.05, 4.69) is 15.9 Å². The number of fused-ring (bicyclic) bond motifs is 2. The number of aromatic hydroxyl groups is 1. The Morgan fingerprint density at radius 3 is 2.86 bits per heavy atom. The molecular formula is C15H12BrFN2O3. The summed E-state index contributed by atoms with van der Waals surface area (Å²) >= 11 is 3.38. The first-order chi connectivity index (χ1) is 10.5. The first kappa shape index (κ1) is 14.6. The van der Waals surface area contributed by atoms with Crippen molar-refractivity contribution in [3.63, 3.8) is 0 Å². The molecule has 3 rings (SSSR count). The molecular weight excluding hydrogens is 355 g/mol. The number of nitrogens with two attached hydrogens (primary N) is 1. The van der Waals surface area contributed by atoms with Crippen molar-refractivity contribution in [2.75, 3.05) is 6.61 Å². The predicted octanol–water partition coefficient (Wildman–Crippen LogP) is 3.44. The van der Waals surface area contributed by atoms with Crippen LogP contribution in [0.25, 0.3) is 0 Å². The second-order valence-electron chi connectivity index (χ2n) is 4.86. The van der Waals surface area contributed by atoms with Crippen molar-refractivity contribution in [1.82, 2.24) is 0 Å². The van der Waals surface area contributed by atoms with Gasteiger partial charge in [0.1, 0.15) is 18.1 Å². The second kappa shape index (κ2) is 5.49. The number of phenols is 1. The monoisotopic (exact) mass is 366 g/mol. The number of nitrogens with one attached hydrogen (secondary N) is 1. The SMILES string of the molecule is N=C(N)OCC1c2cc(Br)ccc2Oc2c(F)cc(O)cc21. The van der Waals surface area contributed by atoms with Crippen molar-refractivity contribution in [2.45, 2.75) is 5.92 Å². The molecule has 0 fully saturated rings. The Morgan fingerprint density at radius 1 is 1.36 bits per heavy atom. The Balaban J connectivity index is 2.14. The molecule has 0 aliphatic carbocycles. The van der Waals surface area contributed by atoms with Crippen molar-refractivity contribution in [1.29, 1.82) is 5.41 Å². The molecule has 22 heavy (non-hydrogen) atoms. The van der Waals surface area contributed by atoms with E-state index in [1.54, 1.807) is 12.1 Å². The Labute approximate surface area is 134 Å². The van der Waals surface area contributed by atoms with Gasteiger partial charge in [-0.25, -0.2) is 4.39 Å². The van der Waals surface area contributed by atoms with Gasteiger partial charge in [-0.1, -0.05) is 15.9 Å². The van der Waals surface area contributed by atoms with Gasteiger partial charge in [-0.15, -0.1) is 0 Å². The molecule has 114 valence electrons. The number of rotatable bonds is 2. The molecule has 0 saturated heterocycles. The molecule has 1 unspecified atom stereocenters. The van der Waals surface area contributed by atoms with Crippen LogP contribution < -0.4 is 10.5 Å². The second-order valence-corrected chi connectivity index (χ2v) is 5.77. The summed E-state index contributed by atoms with van der Waals surface area (Å²) in [4.78, 5) is 0. The normalized spacial score (nSPS) is 15.5.